The van der Waals surface area contributed by atoms with E-state index in [4.69, 9.17) is 0 Å². The van der Waals surface area contributed by atoms with Crippen LogP contribution in [-0.4, -0.2) is 54.7 Å². The molecule has 0 fully saturated rings. The van der Waals surface area contributed by atoms with Gasteiger partial charge in [0.25, 0.3) is 17.7 Å². The molecule has 6 nitrogen and oxygen atoms in total. The van der Waals surface area contributed by atoms with E-state index in [9.17, 15) is 14.4 Å². The first kappa shape index (κ1) is 20.8. The lowest BCUT2D eigenvalue weighted by molar-refractivity contribution is 0.0602. The predicted molar refractivity (Wildman–Crippen MR) is 130 cm³/mol. The first-order chi connectivity index (χ1) is 16.0. The summed E-state index contributed by atoms with van der Waals surface area (Å²) in [7, 11) is 3.81. The average molecular weight is 437 g/mol. The molecule has 1 N–H and O–H groups in total. The summed E-state index contributed by atoms with van der Waals surface area (Å²) in [5.41, 5.74) is 2.04. The third-order valence-electron chi connectivity index (χ3n) is 5.99. The minimum Gasteiger partial charge on any atom is -0.321 e. The summed E-state index contributed by atoms with van der Waals surface area (Å²) in [6.45, 7) is 0.848. The van der Waals surface area contributed by atoms with Gasteiger partial charge in [-0.1, -0.05) is 42.5 Å². The van der Waals surface area contributed by atoms with E-state index in [-0.39, 0.29) is 24.3 Å². The highest BCUT2D eigenvalue weighted by atomic mass is 16.2. The molecule has 0 unspecified atom stereocenters. The highest BCUT2D eigenvalue weighted by Crippen LogP contribution is 2.39. The molecule has 0 atom stereocenters. The van der Waals surface area contributed by atoms with Crippen molar-refractivity contribution in [3.05, 3.63) is 89.5 Å². The van der Waals surface area contributed by atoms with Crippen LogP contribution in [0.4, 0.5) is 5.69 Å². The molecular weight excluding hydrogens is 414 g/mol. The molecule has 1 aliphatic rings. The average Bonchev–Trinajstić information content (AvgIpc) is 2.82. The van der Waals surface area contributed by atoms with Gasteiger partial charge in [0, 0.05) is 40.7 Å². The van der Waals surface area contributed by atoms with Gasteiger partial charge in [-0.15, -0.1) is 0 Å². The van der Waals surface area contributed by atoms with E-state index < -0.39 is 0 Å². The largest absolute Gasteiger partial charge is 0.321 e. The number of fused-ring (bicyclic) bond motifs is 2. The maximum Gasteiger partial charge on any atom is 0.262 e. The van der Waals surface area contributed by atoms with E-state index in [0.29, 0.717) is 39.7 Å². The van der Waals surface area contributed by atoms with Crippen LogP contribution in [0.15, 0.2) is 72.8 Å². The van der Waals surface area contributed by atoms with Crippen molar-refractivity contribution in [1.82, 2.24) is 9.80 Å². The van der Waals surface area contributed by atoms with Gasteiger partial charge in [0.05, 0.1) is 5.56 Å². The van der Waals surface area contributed by atoms with Crippen LogP contribution in [0.1, 0.15) is 31.1 Å². The van der Waals surface area contributed by atoms with Gasteiger partial charge in [0.1, 0.15) is 0 Å². The monoisotopic (exact) mass is 437 g/mol. The summed E-state index contributed by atoms with van der Waals surface area (Å²) < 4.78 is 0. The van der Waals surface area contributed by atoms with Crippen LogP contribution in [0.2, 0.25) is 0 Å². The standard InChI is InChI=1S/C27H23N3O3/c1-29(2)14-15-30-26(32)20-12-6-10-18-16-19-11-7-13-21(23(19)24(22(18)20)27(30)33)28-25(31)17-8-4-3-5-9-17/h3-13,16H,14-15H2,1-2H3,(H,28,31). The first-order valence-corrected chi connectivity index (χ1v) is 10.8. The van der Waals surface area contributed by atoms with E-state index >= 15 is 0 Å². The van der Waals surface area contributed by atoms with Crippen LogP contribution in [0, 0.1) is 0 Å². The van der Waals surface area contributed by atoms with Crippen molar-refractivity contribution in [1.29, 1.82) is 0 Å². The van der Waals surface area contributed by atoms with Gasteiger partial charge in [0.2, 0.25) is 0 Å². The Balaban J connectivity index is 1.72. The molecule has 0 aromatic heterocycles. The van der Waals surface area contributed by atoms with E-state index in [1.165, 1.54) is 4.90 Å². The van der Waals surface area contributed by atoms with Gasteiger partial charge < -0.3 is 10.2 Å². The van der Waals surface area contributed by atoms with Crippen LogP contribution in [-0.2, 0) is 0 Å². The van der Waals surface area contributed by atoms with Gasteiger partial charge in [-0.3, -0.25) is 19.3 Å². The molecule has 1 heterocycles. The minimum atomic E-state index is -0.336. The Morgan fingerprint density at radius 2 is 1.55 bits per heavy atom. The van der Waals surface area contributed by atoms with E-state index in [2.05, 4.69) is 5.32 Å². The zero-order chi connectivity index (χ0) is 23.1. The van der Waals surface area contributed by atoms with Crippen molar-refractivity contribution in [3.8, 4) is 0 Å². The Labute approximate surface area is 191 Å². The second-order valence-electron chi connectivity index (χ2n) is 8.44. The van der Waals surface area contributed by atoms with Gasteiger partial charge in [-0.25, -0.2) is 0 Å². The number of rotatable bonds is 5. The molecule has 3 amide bonds. The van der Waals surface area contributed by atoms with Gasteiger partial charge in [0.15, 0.2) is 0 Å². The van der Waals surface area contributed by atoms with Crippen LogP contribution >= 0.6 is 0 Å². The van der Waals surface area contributed by atoms with Crippen molar-refractivity contribution in [3.63, 3.8) is 0 Å². The molecule has 0 saturated heterocycles. The van der Waals surface area contributed by atoms with Crippen molar-refractivity contribution in [2.75, 3.05) is 32.5 Å². The number of imide groups is 1. The summed E-state index contributed by atoms with van der Waals surface area (Å²) in [5.74, 6) is -0.879. The summed E-state index contributed by atoms with van der Waals surface area (Å²) in [4.78, 5) is 43.1. The molecule has 0 aliphatic carbocycles. The highest BCUT2D eigenvalue weighted by molar-refractivity contribution is 6.32. The number of amides is 3. The highest BCUT2D eigenvalue weighted by Gasteiger charge is 2.34. The van der Waals surface area contributed by atoms with Crippen LogP contribution in [0.25, 0.3) is 21.5 Å². The first-order valence-electron chi connectivity index (χ1n) is 10.8. The fourth-order valence-electron chi connectivity index (χ4n) is 4.39. The fraction of sp³-hybridized carbons (Fsp3) is 0.148. The van der Waals surface area contributed by atoms with Crippen molar-refractivity contribution < 1.29 is 14.4 Å². The number of carbonyl (C=O) groups is 3. The molecule has 4 aromatic carbocycles. The Morgan fingerprint density at radius 1 is 0.848 bits per heavy atom. The molecule has 0 radical (unpaired) electrons. The number of hydrogen-bond acceptors (Lipinski definition) is 4. The summed E-state index contributed by atoms with van der Waals surface area (Å²) in [6, 6.07) is 22.0. The molecule has 0 spiro atoms. The molecule has 6 heteroatoms. The molecule has 164 valence electrons. The maximum absolute atomic E-state index is 13.7. The SMILES string of the molecule is CN(C)CCN1C(=O)c2cccc3cc4cccc(NC(=O)c5ccccc5)c4c(c23)C1=O. The van der Waals surface area contributed by atoms with Crippen molar-refractivity contribution >= 4 is 45.0 Å². The Hall–Kier alpha value is -4.03. The number of carbonyl (C=O) groups excluding carboxylic acids is 3. The van der Waals surface area contributed by atoms with Gasteiger partial charge >= 0.3 is 0 Å². The second kappa shape index (κ2) is 8.15. The lowest BCUT2D eigenvalue weighted by atomic mass is 9.89. The third-order valence-corrected chi connectivity index (χ3v) is 5.99. The second-order valence-corrected chi connectivity index (χ2v) is 8.44. The van der Waals surface area contributed by atoms with Crippen LogP contribution in [0.3, 0.4) is 0 Å². The molecule has 5 rings (SSSR count). The number of hydrogen-bond donors (Lipinski definition) is 1. The smallest absolute Gasteiger partial charge is 0.262 e. The molecule has 0 saturated carbocycles. The number of nitrogens with one attached hydrogen (secondary N) is 1. The summed E-state index contributed by atoms with van der Waals surface area (Å²) in [5, 5.41) is 5.93. The third kappa shape index (κ3) is 3.54. The van der Waals surface area contributed by atoms with Crippen LogP contribution < -0.4 is 5.32 Å². The van der Waals surface area contributed by atoms with Gasteiger partial charge in [-0.05, 0) is 55.2 Å². The number of anilines is 1. The zero-order valence-corrected chi connectivity index (χ0v) is 18.5. The number of benzene rings is 4. The Morgan fingerprint density at radius 3 is 2.27 bits per heavy atom. The molecular formula is C27H23N3O3. The van der Waals surface area contributed by atoms with Crippen molar-refractivity contribution in [2.24, 2.45) is 0 Å². The number of nitrogens with zero attached hydrogens (tertiary/aromatic N) is 2. The van der Waals surface area contributed by atoms with Crippen LogP contribution in [0.5, 0.6) is 0 Å². The quantitative estimate of drug-likeness (QED) is 0.371. The summed E-state index contributed by atoms with van der Waals surface area (Å²) >= 11 is 0. The predicted octanol–water partition coefficient (Wildman–Crippen LogP) is 4.40. The molecule has 33 heavy (non-hydrogen) atoms. The fourth-order valence-corrected chi connectivity index (χ4v) is 4.39. The van der Waals surface area contributed by atoms with E-state index in [1.807, 2.05) is 55.4 Å². The van der Waals surface area contributed by atoms with Crippen molar-refractivity contribution in [2.45, 2.75) is 0 Å². The molecule has 1 aliphatic heterocycles. The minimum absolute atomic E-state index is 0.257. The number of likely N-dealkylation sites (N-methyl/N-ethyl adjacent to an activating group) is 1. The zero-order valence-electron chi connectivity index (χ0n) is 18.5. The lowest BCUT2D eigenvalue weighted by Gasteiger charge is -2.29. The molecule has 0 bridgehead atoms. The van der Waals surface area contributed by atoms with Gasteiger partial charge in [-0.2, -0.15) is 0 Å². The lowest BCUT2D eigenvalue weighted by Crippen LogP contribution is -2.43. The topological polar surface area (TPSA) is 69.7 Å². The molecule has 4 aromatic rings. The van der Waals surface area contributed by atoms with E-state index in [0.717, 1.165) is 10.8 Å². The van der Waals surface area contributed by atoms with E-state index in [1.54, 1.807) is 36.4 Å². The summed E-state index contributed by atoms with van der Waals surface area (Å²) in [6.07, 6.45) is 0. The normalized spacial score (nSPS) is 13.2. The maximum atomic E-state index is 13.7. The Kier molecular flexibility index (Phi) is 5.15. The Bertz CT molecular complexity index is 1430.